The van der Waals surface area contributed by atoms with Gasteiger partial charge >= 0.3 is 0 Å². The first-order valence-electron chi connectivity index (χ1n) is 8.33. The molecule has 0 aromatic heterocycles. The van der Waals surface area contributed by atoms with E-state index in [0.29, 0.717) is 5.75 Å². The van der Waals surface area contributed by atoms with Crippen molar-refractivity contribution < 1.29 is 9.50 Å². The number of hydrogen-bond donors (Lipinski definition) is 1. The van der Waals surface area contributed by atoms with Gasteiger partial charge in [-0.2, -0.15) is 0 Å². The first-order valence-corrected chi connectivity index (χ1v) is 8.33. The zero-order valence-electron chi connectivity index (χ0n) is 13.5. The number of phenolic OH excluding ortho intramolecular Hbond substituents is 1. The number of fused-ring (bicyclic) bond motifs is 5. The minimum Gasteiger partial charge on any atom is -0.507 e. The Morgan fingerprint density at radius 1 is 0.720 bits per heavy atom. The first-order chi connectivity index (χ1) is 12.2. The van der Waals surface area contributed by atoms with Gasteiger partial charge in [-0.1, -0.05) is 54.6 Å². The predicted octanol–water partition coefficient (Wildman–Crippen LogP) is 5.92. The molecular formula is C23H15FO. The van der Waals surface area contributed by atoms with Crippen LogP contribution in [0.3, 0.4) is 0 Å². The fraction of sp³-hybridized carbons (Fsp3) is 0.0435. The minimum absolute atomic E-state index is 0.223. The molecule has 4 aromatic carbocycles. The monoisotopic (exact) mass is 326 g/mol. The highest BCUT2D eigenvalue weighted by atomic mass is 19.1. The van der Waals surface area contributed by atoms with Crippen molar-refractivity contribution in [1.82, 2.24) is 0 Å². The van der Waals surface area contributed by atoms with E-state index in [2.05, 4.69) is 24.3 Å². The van der Waals surface area contributed by atoms with Crippen LogP contribution in [0, 0.1) is 5.82 Å². The number of halogens is 1. The molecule has 0 saturated carbocycles. The van der Waals surface area contributed by atoms with Gasteiger partial charge in [-0.05, 0) is 63.4 Å². The Labute approximate surface area is 145 Å². The van der Waals surface area contributed by atoms with E-state index in [1.54, 1.807) is 12.1 Å². The summed E-state index contributed by atoms with van der Waals surface area (Å²) in [5.41, 5.74) is 6.93. The molecular weight excluding hydrogens is 311 g/mol. The van der Waals surface area contributed by atoms with E-state index in [1.165, 1.54) is 28.8 Å². The number of aromatic hydroxyl groups is 1. The summed E-state index contributed by atoms with van der Waals surface area (Å²) >= 11 is 0. The Balaban J connectivity index is 1.70. The maximum atomic E-state index is 13.2. The van der Waals surface area contributed by atoms with Gasteiger partial charge in [0, 0.05) is 5.39 Å². The number of phenols is 1. The Bertz CT molecular complexity index is 1130. The average Bonchev–Trinajstić information content (AvgIpc) is 3.00. The van der Waals surface area contributed by atoms with Crippen LogP contribution < -0.4 is 0 Å². The summed E-state index contributed by atoms with van der Waals surface area (Å²) in [5, 5.41) is 12.3. The van der Waals surface area contributed by atoms with Gasteiger partial charge in [-0.15, -0.1) is 0 Å². The van der Waals surface area contributed by atoms with Crippen molar-refractivity contribution in [1.29, 1.82) is 0 Å². The second kappa shape index (κ2) is 5.18. The Kier molecular flexibility index (Phi) is 2.95. The van der Waals surface area contributed by atoms with E-state index in [0.717, 1.165) is 33.9 Å². The van der Waals surface area contributed by atoms with Crippen LogP contribution in [0.5, 0.6) is 5.75 Å². The molecule has 2 heteroatoms. The van der Waals surface area contributed by atoms with Crippen molar-refractivity contribution in [2.75, 3.05) is 0 Å². The maximum absolute atomic E-state index is 13.2. The highest BCUT2D eigenvalue weighted by Crippen LogP contribution is 2.45. The zero-order chi connectivity index (χ0) is 17.0. The molecule has 1 N–H and O–H groups in total. The zero-order valence-corrected chi connectivity index (χ0v) is 13.5. The van der Waals surface area contributed by atoms with E-state index in [-0.39, 0.29) is 5.82 Å². The molecule has 0 radical (unpaired) electrons. The van der Waals surface area contributed by atoms with Crippen LogP contribution in [0.4, 0.5) is 4.39 Å². The normalized spacial score (nSPS) is 12.2. The molecule has 120 valence electrons. The van der Waals surface area contributed by atoms with E-state index in [1.807, 2.05) is 24.3 Å². The van der Waals surface area contributed by atoms with Gasteiger partial charge in [-0.25, -0.2) is 4.39 Å². The van der Waals surface area contributed by atoms with Crippen LogP contribution >= 0.6 is 0 Å². The van der Waals surface area contributed by atoms with Gasteiger partial charge in [0.05, 0.1) is 0 Å². The number of hydrogen-bond acceptors (Lipinski definition) is 1. The molecule has 0 bridgehead atoms. The predicted molar refractivity (Wildman–Crippen MR) is 99.2 cm³/mol. The van der Waals surface area contributed by atoms with E-state index < -0.39 is 0 Å². The molecule has 1 aliphatic rings. The van der Waals surface area contributed by atoms with Gasteiger partial charge in [-0.3, -0.25) is 0 Å². The van der Waals surface area contributed by atoms with Crippen molar-refractivity contribution in [3.63, 3.8) is 0 Å². The third-order valence-electron chi connectivity index (χ3n) is 5.04. The molecule has 0 fully saturated rings. The smallest absolute Gasteiger partial charge is 0.123 e. The third kappa shape index (κ3) is 2.14. The van der Waals surface area contributed by atoms with Crippen molar-refractivity contribution >= 4 is 10.8 Å². The topological polar surface area (TPSA) is 20.2 Å². The molecule has 1 nitrogen and oxygen atoms in total. The van der Waals surface area contributed by atoms with Crippen LogP contribution in [0.15, 0.2) is 72.8 Å². The van der Waals surface area contributed by atoms with Crippen molar-refractivity contribution in [3.05, 3.63) is 89.7 Å². The van der Waals surface area contributed by atoms with Crippen LogP contribution in [0.25, 0.3) is 33.0 Å². The molecule has 0 heterocycles. The van der Waals surface area contributed by atoms with Gasteiger partial charge in [0.1, 0.15) is 11.6 Å². The maximum Gasteiger partial charge on any atom is 0.123 e. The summed E-state index contributed by atoms with van der Waals surface area (Å²) in [6.07, 6.45) is 0.804. The van der Waals surface area contributed by atoms with Crippen LogP contribution in [-0.2, 0) is 6.42 Å². The summed E-state index contributed by atoms with van der Waals surface area (Å²) in [7, 11) is 0. The van der Waals surface area contributed by atoms with Gasteiger partial charge in [0.25, 0.3) is 0 Å². The Morgan fingerprint density at radius 3 is 2.24 bits per heavy atom. The number of rotatable bonds is 1. The molecule has 0 saturated heterocycles. The Morgan fingerprint density at radius 2 is 1.44 bits per heavy atom. The highest BCUT2D eigenvalue weighted by Gasteiger charge is 2.22. The number of benzene rings is 4. The SMILES string of the molecule is Oc1cc2c(c3ccccc13)-c1ccc(-c3ccc(F)cc3)cc1C2. The van der Waals surface area contributed by atoms with E-state index >= 15 is 0 Å². The molecule has 25 heavy (non-hydrogen) atoms. The van der Waals surface area contributed by atoms with Crippen LogP contribution in [0.2, 0.25) is 0 Å². The van der Waals surface area contributed by atoms with E-state index in [9.17, 15) is 9.50 Å². The standard InChI is InChI=1S/C23H15FO/c24-18-8-5-14(6-9-18)15-7-10-19-16(11-15)12-17-13-22(25)20-3-1-2-4-21(20)23(17)19/h1-11,13,25H,12H2. The molecule has 0 spiro atoms. The molecule has 0 unspecified atom stereocenters. The Hall–Kier alpha value is -3.13. The fourth-order valence-electron chi connectivity index (χ4n) is 3.88. The lowest BCUT2D eigenvalue weighted by molar-refractivity contribution is 0.481. The van der Waals surface area contributed by atoms with E-state index in [4.69, 9.17) is 0 Å². The second-order valence-corrected chi connectivity index (χ2v) is 6.53. The molecule has 4 aromatic rings. The summed E-state index contributed by atoms with van der Waals surface area (Å²) in [4.78, 5) is 0. The summed E-state index contributed by atoms with van der Waals surface area (Å²) in [6, 6.07) is 22.9. The lowest BCUT2D eigenvalue weighted by Gasteiger charge is -2.09. The van der Waals surface area contributed by atoms with Crippen LogP contribution in [0.1, 0.15) is 11.1 Å². The molecule has 0 aliphatic heterocycles. The quantitative estimate of drug-likeness (QED) is 0.405. The van der Waals surface area contributed by atoms with Crippen molar-refractivity contribution in [3.8, 4) is 28.0 Å². The molecule has 0 amide bonds. The molecule has 0 atom stereocenters. The summed E-state index contributed by atoms with van der Waals surface area (Å²) in [6.45, 7) is 0. The first kappa shape index (κ1) is 14.2. The largest absolute Gasteiger partial charge is 0.507 e. The average molecular weight is 326 g/mol. The van der Waals surface area contributed by atoms with Crippen molar-refractivity contribution in [2.24, 2.45) is 0 Å². The molecule has 5 rings (SSSR count). The minimum atomic E-state index is -0.223. The molecule has 1 aliphatic carbocycles. The van der Waals surface area contributed by atoms with Gasteiger partial charge in [0.2, 0.25) is 0 Å². The lowest BCUT2D eigenvalue weighted by Crippen LogP contribution is -1.84. The highest BCUT2D eigenvalue weighted by molar-refractivity contribution is 6.04. The fourth-order valence-corrected chi connectivity index (χ4v) is 3.88. The lowest BCUT2D eigenvalue weighted by atomic mass is 9.96. The third-order valence-corrected chi connectivity index (χ3v) is 5.04. The van der Waals surface area contributed by atoms with Gasteiger partial charge < -0.3 is 5.11 Å². The summed E-state index contributed by atoms with van der Waals surface area (Å²) in [5.74, 6) is 0.111. The summed E-state index contributed by atoms with van der Waals surface area (Å²) < 4.78 is 13.2. The second-order valence-electron chi connectivity index (χ2n) is 6.53. The van der Waals surface area contributed by atoms with Crippen LogP contribution in [-0.4, -0.2) is 5.11 Å². The van der Waals surface area contributed by atoms with Crippen molar-refractivity contribution in [2.45, 2.75) is 6.42 Å². The van der Waals surface area contributed by atoms with Gasteiger partial charge in [0.15, 0.2) is 0 Å².